The molecule has 1 unspecified atom stereocenters. The van der Waals surface area contributed by atoms with E-state index in [-0.39, 0.29) is 24.2 Å². The minimum absolute atomic E-state index is 0.0797. The van der Waals surface area contributed by atoms with Crippen LogP contribution in [0, 0.1) is 5.92 Å². The first-order chi connectivity index (χ1) is 18.0. The van der Waals surface area contributed by atoms with E-state index in [2.05, 4.69) is 10.5 Å². The fraction of sp³-hybridized carbons (Fsp3) is 0.379. The molecule has 4 N–H and O–H groups in total. The van der Waals surface area contributed by atoms with E-state index in [0.29, 0.717) is 17.4 Å². The summed E-state index contributed by atoms with van der Waals surface area (Å²) in [6, 6.07) is 13.2. The summed E-state index contributed by atoms with van der Waals surface area (Å²) in [6.45, 7) is 7.78. The van der Waals surface area contributed by atoms with Crippen LogP contribution in [0.1, 0.15) is 64.0 Å². The molecule has 2 aromatic rings. The first kappa shape index (κ1) is 31.3. The van der Waals surface area contributed by atoms with Crippen molar-refractivity contribution in [3.05, 3.63) is 65.9 Å². The first-order valence-electron chi connectivity index (χ1n) is 12.5. The van der Waals surface area contributed by atoms with Gasteiger partial charge in [0, 0.05) is 30.5 Å². The number of ketones is 1. The lowest BCUT2D eigenvalue weighted by Crippen LogP contribution is -2.31. The summed E-state index contributed by atoms with van der Waals surface area (Å²) >= 11 is 0. The van der Waals surface area contributed by atoms with Crippen molar-refractivity contribution < 1.29 is 24.3 Å². The van der Waals surface area contributed by atoms with Crippen LogP contribution in [-0.2, 0) is 14.4 Å². The number of carbonyl (C=O) groups excluding carboxylic acids is 3. The van der Waals surface area contributed by atoms with Crippen LogP contribution in [0.5, 0.6) is 5.75 Å². The van der Waals surface area contributed by atoms with Gasteiger partial charge in [-0.05, 0) is 55.2 Å². The molecule has 2 aliphatic rings. The number of hydrogen-bond donors (Lipinski definition) is 3. The lowest BCUT2D eigenvalue weighted by Gasteiger charge is -2.09. The predicted octanol–water partition coefficient (Wildman–Crippen LogP) is 4.86. The van der Waals surface area contributed by atoms with E-state index in [1.807, 2.05) is 63.1 Å². The summed E-state index contributed by atoms with van der Waals surface area (Å²) in [4.78, 5) is 30.3. The topological polar surface area (TPSA) is 131 Å². The van der Waals surface area contributed by atoms with Crippen LogP contribution < -0.4 is 15.8 Å². The Bertz CT molecular complexity index is 1070. The van der Waals surface area contributed by atoms with Gasteiger partial charge in [0.1, 0.15) is 18.3 Å². The second-order valence-corrected chi connectivity index (χ2v) is 8.24. The standard InChI is InChI=1S/C18H16N2O3.C8H15NO.C2H6.CH2O/c1-19-17(21)7-4-10-23-12-8-9-14-13-5-2-3-6-15(13)18(20-22)16(14)11-12;1-6(9)8(10)7-4-2-3-5-7;2*1-2/h2-6,8-11,22H,7H2,1H3,(H,19,21);6-7H,2-5,9H2,1H3;1-2H3;1H2/b10-4+,20-18-;;;. The quantitative estimate of drug-likeness (QED) is 0.247. The Hall–Kier alpha value is -3.78. The first-order valence-corrected chi connectivity index (χ1v) is 12.5. The Morgan fingerprint density at radius 2 is 1.70 bits per heavy atom. The molecule has 0 spiro atoms. The van der Waals surface area contributed by atoms with E-state index < -0.39 is 0 Å². The molecule has 0 heterocycles. The minimum atomic E-state index is -0.247. The molecular weight excluding hydrogens is 470 g/mol. The van der Waals surface area contributed by atoms with Crippen molar-refractivity contribution in [2.24, 2.45) is 16.8 Å². The predicted molar refractivity (Wildman–Crippen MR) is 147 cm³/mol. The molecule has 0 bridgehead atoms. The Kier molecular flexibility index (Phi) is 14.2. The van der Waals surface area contributed by atoms with Gasteiger partial charge < -0.3 is 25.8 Å². The Morgan fingerprint density at radius 1 is 1.11 bits per heavy atom. The van der Waals surface area contributed by atoms with Gasteiger partial charge in [0.05, 0.1) is 12.3 Å². The van der Waals surface area contributed by atoms with Gasteiger partial charge in [-0.2, -0.15) is 0 Å². The number of oxime groups is 1. The number of nitrogens with two attached hydrogens (primary N) is 1. The van der Waals surface area contributed by atoms with Gasteiger partial charge in [0.25, 0.3) is 0 Å². The Morgan fingerprint density at radius 3 is 2.27 bits per heavy atom. The lowest BCUT2D eigenvalue weighted by molar-refractivity contribution is -0.123. The van der Waals surface area contributed by atoms with Crippen molar-refractivity contribution in [3.63, 3.8) is 0 Å². The largest absolute Gasteiger partial charge is 0.465 e. The van der Waals surface area contributed by atoms with E-state index in [9.17, 15) is 14.8 Å². The second kappa shape index (κ2) is 16.8. The summed E-state index contributed by atoms with van der Waals surface area (Å²) < 4.78 is 5.52. The van der Waals surface area contributed by atoms with E-state index >= 15 is 0 Å². The van der Waals surface area contributed by atoms with Crippen molar-refractivity contribution in [3.8, 4) is 16.9 Å². The molecule has 200 valence electrons. The number of nitrogens with one attached hydrogen (secondary N) is 1. The fourth-order valence-electron chi connectivity index (χ4n) is 4.17. The molecular formula is C29H39N3O5. The van der Waals surface area contributed by atoms with Gasteiger partial charge in [-0.25, -0.2) is 0 Å². The van der Waals surface area contributed by atoms with Gasteiger partial charge in [-0.3, -0.25) is 9.59 Å². The zero-order valence-corrected chi connectivity index (χ0v) is 22.2. The molecule has 8 nitrogen and oxygen atoms in total. The number of amides is 1. The van der Waals surface area contributed by atoms with Crippen LogP contribution in [0.25, 0.3) is 11.1 Å². The summed E-state index contributed by atoms with van der Waals surface area (Å²) in [6.07, 6.45) is 7.94. The molecule has 37 heavy (non-hydrogen) atoms. The third-order valence-corrected chi connectivity index (χ3v) is 5.91. The number of hydrogen-bond acceptors (Lipinski definition) is 7. The summed E-state index contributed by atoms with van der Waals surface area (Å²) in [7, 11) is 1.59. The normalized spacial score (nSPS) is 15.1. The molecule has 0 radical (unpaired) electrons. The number of carbonyl (C=O) groups is 3. The molecule has 1 atom stereocenters. The molecule has 1 amide bonds. The SMILES string of the molecule is C=O.CC.CC(N)C(=O)C1CCCC1.CNC(=O)C/C=C/Oc1ccc2c(c1)/C(=N\O)c1ccccc1-2. The fourth-order valence-corrected chi connectivity index (χ4v) is 4.17. The molecule has 4 rings (SSSR count). The highest BCUT2D eigenvalue weighted by molar-refractivity contribution is 6.24. The highest BCUT2D eigenvalue weighted by Crippen LogP contribution is 2.38. The minimum Gasteiger partial charge on any atom is -0.465 e. The van der Waals surface area contributed by atoms with Crippen LogP contribution in [0.4, 0.5) is 0 Å². The van der Waals surface area contributed by atoms with Gasteiger partial charge in [-0.15, -0.1) is 0 Å². The zero-order valence-electron chi connectivity index (χ0n) is 22.2. The van der Waals surface area contributed by atoms with Gasteiger partial charge in [0.2, 0.25) is 5.91 Å². The summed E-state index contributed by atoms with van der Waals surface area (Å²) in [5.41, 5.74) is 9.78. The van der Waals surface area contributed by atoms with Gasteiger partial charge in [0.15, 0.2) is 5.78 Å². The number of Topliss-reactive ketones (excluding diaryl/α,β-unsaturated/α-hetero) is 1. The molecule has 1 fully saturated rings. The third-order valence-electron chi connectivity index (χ3n) is 5.91. The van der Waals surface area contributed by atoms with Crippen LogP contribution in [0.15, 0.2) is 60.0 Å². The molecule has 2 aliphatic carbocycles. The van der Waals surface area contributed by atoms with Crippen LogP contribution >= 0.6 is 0 Å². The molecule has 0 aromatic heterocycles. The average Bonchev–Trinajstić information content (AvgIpc) is 3.59. The van der Waals surface area contributed by atoms with Crippen molar-refractivity contribution in [2.45, 2.75) is 58.9 Å². The van der Waals surface area contributed by atoms with Crippen molar-refractivity contribution in [1.82, 2.24) is 5.32 Å². The number of rotatable bonds is 6. The maximum atomic E-state index is 11.2. The Labute approximate surface area is 219 Å². The highest BCUT2D eigenvalue weighted by Gasteiger charge is 2.26. The smallest absolute Gasteiger partial charge is 0.223 e. The van der Waals surface area contributed by atoms with Crippen molar-refractivity contribution in [1.29, 1.82) is 0 Å². The van der Waals surface area contributed by atoms with E-state index in [1.54, 1.807) is 20.0 Å². The maximum Gasteiger partial charge on any atom is 0.223 e. The van der Waals surface area contributed by atoms with E-state index in [1.165, 1.54) is 19.1 Å². The average molecular weight is 510 g/mol. The number of benzene rings is 2. The highest BCUT2D eigenvalue weighted by atomic mass is 16.5. The monoisotopic (exact) mass is 509 g/mol. The number of ether oxygens (including phenoxy) is 1. The van der Waals surface area contributed by atoms with E-state index in [4.69, 9.17) is 15.3 Å². The van der Waals surface area contributed by atoms with Crippen molar-refractivity contribution >= 4 is 24.2 Å². The zero-order chi connectivity index (χ0) is 27.8. The van der Waals surface area contributed by atoms with Crippen LogP contribution in [0.3, 0.4) is 0 Å². The Balaban J connectivity index is 0.000000409. The number of fused-ring (bicyclic) bond motifs is 3. The number of nitrogens with zero attached hydrogens (tertiary/aromatic N) is 1. The maximum absolute atomic E-state index is 11.2. The van der Waals surface area contributed by atoms with Gasteiger partial charge in [-0.1, -0.05) is 56.1 Å². The van der Waals surface area contributed by atoms with Crippen LogP contribution in [-0.4, -0.2) is 42.5 Å². The molecule has 1 saturated carbocycles. The summed E-state index contributed by atoms with van der Waals surface area (Å²) in [5, 5.41) is 15.3. The molecule has 8 heteroatoms. The van der Waals surface area contributed by atoms with Crippen LogP contribution in [0.2, 0.25) is 0 Å². The van der Waals surface area contributed by atoms with Crippen molar-refractivity contribution in [2.75, 3.05) is 7.05 Å². The van der Waals surface area contributed by atoms with E-state index in [0.717, 1.165) is 35.1 Å². The van der Waals surface area contributed by atoms with Gasteiger partial charge >= 0.3 is 0 Å². The second-order valence-electron chi connectivity index (χ2n) is 8.24. The third kappa shape index (κ3) is 8.68. The molecule has 2 aromatic carbocycles. The molecule has 0 saturated heterocycles. The lowest BCUT2D eigenvalue weighted by atomic mass is 9.98. The summed E-state index contributed by atoms with van der Waals surface area (Å²) in [5.74, 6) is 1.09. The molecule has 0 aliphatic heterocycles.